The van der Waals surface area contributed by atoms with Gasteiger partial charge in [0.25, 0.3) is 0 Å². The third kappa shape index (κ3) is 8.12. The van der Waals surface area contributed by atoms with Gasteiger partial charge in [0, 0.05) is 12.1 Å². The van der Waals surface area contributed by atoms with E-state index in [1.807, 2.05) is 0 Å². The number of hydrogen-bond donors (Lipinski definition) is 1. The van der Waals surface area contributed by atoms with Crippen molar-refractivity contribution in [2.45, 2.75) is 85.0 Å². The Morgan fingerprint density at radius 1 is 1.06 bits per heavy atom. The summed E-state index contributed by atoms with van der Waals surface area (Å²) in [5.41, 5.74) is 0.172. The average molecular weight is 229 g/mol. The first kappa shape index (κ1) is 15.9. The van der Waals surface area contributed by atoms with Crippen LogP contribution < -0.4 is 5.32 Å². The molecular weight excluding hydrogens is 198 g/mol. The minimum absolute atomic E-state index is 0.000594. The molecule has 0 aliphatic rings. The summed E-state index contributed by atoms with van der Waals surface area (Å²) in [6.45, 7) is 16.3. The molecule has 2 heteroatoms. The molecule has 1 atom stereocenters. The molecule has 0 saturated carbocycles. The van der Waals surface area contributed by atoms with Crippen LogP contribution in [0.3, 0.4) is 0 Å². The molecule has 0 rings (SSSR count). The Bertz CT molecular complexity index is 182. The van der Waals surface area contributed by atoms with E-state index in [1.54, 1.807) is 0 Å². The van der Waals surface area contributed by atoms with Crippen molar-refractivity contribution in [3.63, 3.8) is 0 Å². The summed E-state index contributed by atoms with van der Waals surface area (Å²) < 4.78 is 6.16. The highest BCUT2D eigenvalue weighted by atomic mass is 16.5. The van der Waals surface area contributed by atoms with Gasteiger partial charge in [0.15, 0.2) is 0 Å². The average Bonchev–Trinajstić information content (AvgIpc) is 2.13. The maximum atomic E-state index is 6.16. The number of hydrogen-bond acceptors (Lipinski definition) is 2. The van der Waals surface area contributed by atoms with Gasteiger partial charge in [0.05, 0.1) is 11.7 Å². The van der Waals surface area contributed by atoms with Crippen LogP contribution in [0.2, 0.25) is 0 Å². The number of rotatable bonds is 7. The molecule has 98 valence electrons. The second-order valence-electron chi connectivity index (χ2n) is 6.27. The molecule has 1 unspecified atom stereocenters. The van der Waals surface area contributed by atoms with Gasteiger partial charge in [-0.05, 0) is 47.5 Å². The molecule has 2 nitrogen and oxygen atoms in total. The smallest absolute Gasteiger partial charge is 0.0706 e. The van der Waals surface area contributed by atoms with Crippen LogP contribution in [0.4, 0.5) is 0 Å². The summed E-state index contributed by atoms with van der Waals surface area (Å²) in [5.74, 6) is 0. The first-order valence-corrected chi connectivity index (χ1v) is 6.63. The van der Waals surface area contributed by atoms with Gasteiger partial charge in [-0.1, -0.05) is 20.3 Å². The lowest BCUT2D eigenvalue weighted by Crippen LogP contribution is -2.44. The molecule has 0 aliphatic heterocycles. The molecule has 1 N–H and O–H groups in total. The van der Waals surface area contributed by atoms with Gasteiger partial charge in [-0.2, -0.15) is 0 Å². The molecule has 0 spiro atoms. The molecule has 0 aromatic carbocycles. The first-order chi connectivity index (χ1) is 7.20. The molecule has 0 saturated heterocycles. The summed E-state index contributed by atoms with van der Waals surface area (Å²) in [4.78, 5) is 0. The molecular formula is C14H31NO. The minimum Gasteiger partial charge on any atom is -0.371 e. The van der Waals surface area contributed by atoms with Gasteiger partial charge in [0.1, 0.15) is 0 Å². The van der Waals surface area contributed by atoms with Crippen LogP contribution in [0, 0.1) is 0 Å². The summed E-state index contributed by atoms with van der Waals surface area (Å²) in [6, 6.07) is 0. The summed E-state index contributed by atoms with van der Waals surface area (Å²) in [7, 11) is 0. The van der Waals surface area contributed by atoms with Crippen LogP contribution in [0.5, 0.6) is 0 Å². The predicted molar refractivity (Wildman–Crippen MR) is 71.9 cm³/mol. The Hall–Kier alpha value is -0.0800. The van der Waals surface area contributed by atoms with E-state index in [4.69, 9.17) is 4.74 Å². The van der Waals surface area contributed by atoms with Crippen molar-refractivity contribution in [3.05, 3.63) is 0 Å². The van der Waals surface area contributed by atoms with E-state index in [2.05, 4.69) is 53.8 Å². The van der Waals surface area contributed by atoms with Gasteiger partial charge in [0.2, 0.25) is 0 Å². The van der Waals surface area contributed by atoms with Crippen molar-refractivity contribution < 1.29 is 4.74 Å². The van der Waals surface area contributed by atoms with Gasteiger partial charge in [-0.15, -0.1) is 0 Å². The second kappa shape index (κ2) is 6.61. The lowest BCUT2D eigenvalue weighted by Gasteiger charge is -2.32. The van der Waals surface area contributed by atoms with E-state index in [0.717, 1.165) is 19.4 Å². The van der Waals surface area contributed by atoms with Crippen LogP contribution in [-0.4, -0.2) is 23.8 Å². The highest BCUT2D eigenvalue weighted by Gasteiger charge is 2.22. The largest absolute Gasteiger partial charge is 0.371 e. The van der Waals surface area contributed by atoms with Gasteiger partial charge >= 0.3 is 0 Å². The number of ether oxygens (including phenoxy) is 1. The fourth-order valence-corrected chi connectivity index (χ4v) is 1.48. The molecule has 0 aromatic heterocycles. The minimum atomic E-state index is -0.000594. The number of nitrogens with one attached hydrogen (secondary N) is 1. The topological polar surface area (TPSA) is 21.3 Å². The third-order valence-corrected chi connectivity index (χ3v) is 2.81. The van der Waals surface area contributed by atoms with Crippen molar-refractivity contribution in [1.82, 2.24) is 5.32 Å². The SMILES string of the molecule is CCCC(CNC(C)(C)C)OC(C)(C)CC. The van der Waals surface area contributed by atoms with Crippen LogP contribution in [-0.2, 0) is 4.74 Å². The first-order valence-electron chi connectivity index (χ1n) is 6.63. The van der Waals surface area contributed by atoms with Crippen LogP contribution in [0.15, 0.2) is 0 Å². The Morgan fingerprint density at radius 3 is 2.00 bits per heavy atom. The van der Waals surface area contributed by atoms with Crippen molar-refractivity contribution in [1.29, 1.82) is 0 Å². The van der Waals surface area contributed by atoms with Crippen molar-refractivity contribution >= 4 is 0 Å². The van der Waals surface area contributed by atoms with Crippen molar-refractivity contribution in [3.8, 4) is 0 Å². The van der Waals surface area contributed by atoms with E-state index < -0.39 is 0 Å². The van der Waals surface area contributed by atoms with Gasteiger partial charge in [-0.3, -0.25) is 0 Å². The van der Waals surface area contributed by atoms with E-state index in [-0.39, 0.29) is 11.1 Å². The van der Waals surface area contributed by atoms with E-state index in [0.29, 0.717) is 6.10 Å². The zero-order valence-electron chi connectivity index (χ0n) is 12.3. The summed E-state index contributed by atoms with van der Waals surface area (Å²) in [6.07, 6.45) is 3.70. The van der Waals surface area contributed by atoms with Crippen LogP contribution in [0.25, 0.3) is 0 Å². The molecule has 0 amide bonds. The predicted octanol–water partition coefficient (Wildman–Crippen LogP) is 3.75. The van der Waals surface area contributed by atoms with Gasteiger partial charge in [-0.25, -0.2) is 0 Å². The third-order valence-electron chi connectivity index (χ3n) is 2.81. The highest BCUT2D eigenvalue weighted by molar-refractivity contribution is 4.76. The monoisotopic (exact) mass is 229 g/mol. The quantitative estimate of drug-likeness (QED) is 0.718. The van der Waals surface area contributed by atoms with Crippen molar-refractivity contribution in [2.75, 3.05) is 6.54 Å². The van der Waals surface area contributed by atoms with Crippen LogP contribution in [0.1, 0.15) is 67.7 Å². The maximum Gasteiger partial charge on any atom is 0.0706 e. The second-order valence-corrected chi connectivity index (χ2v) is 6.27. The molecule has 0 heterocycles. The summed E-state index contributed by atoms with van der Waals surface area (Å²) >= 11 is 0. The normalized spacial score (nSPS) is 15.2. The van der Waals surface area contributed by atoms with E-state index >= 15 is 0 Å². The Labute approximate surface area is 102 Å². The zero-order valence-corrected chi connectivity index (χ0v) is 12.3. The maximum absolute atomic E-state index is 6.16. The zero-order chi connectivity index (χ0) is 12.8. The summed E-state index contributed by atoms with van der Waals surface area (Å²) in [5, 5.41) is 3.53. The van der Waals surface area contributed by atoms with E-state index in [9.17, 15) is 0 Å². The molecule has 16 heavy (non-hydrogen) atoms. The molecule has 0 aromatic rings. The fraction of sp³-hybridized carbons (Fsp3) is 1.00. The van der Waals surface area contributed by atoms with E-state index in [1.165, 1.54) is 6.42 Å². The molecule has 0 aliphatic carbocycles. The standard InChI is InChI=1S/C14H31NO/c1-8-10-12(11-15-13(3,4)5)16-14(6,7)9-2/h12,15H,8-11H2,1-7H3. The lowest BCUT2D eigenvalue weighted by molar-refractivity contribution is -0.0768. The van der Waals surface area contributed by atoms with Crippen molar-refractivity contribution in [2.24, 2.45) is 0 Å². The fourth-order valence-electron chi connectivity index (χ4n) is 1.48. The van der Waals surface area contributed by atoms with Crippen LogP contribution >= 0.6 is 0 Å². The Balaban J connectivity index is 4.17. The lowest BCUT2D eigenvalue weighted by atomic mass is 10.0. The highest BCUT2D eigenvalue weighted by Crippen LogP contribution is 2.18. The molecule has 0 fully saturated rings. The molecule has 0 bridgehead atoms. The Kier molecular flexibility index (Phi) is 6.57. The molecule has 0 radical (unpaired) electrons. The van der Waals surface area contributed by atoms with Gasteiger partial charge < -0.3 is 10.1 Å². The Morgan fingerprint density at radius 2 is 1.62 bits per heavy atom.